The Morgan fingerprint density at radius 1 is 0.944 bits per heavy atom. The standard InChI is InChI=1S/C19H19FN6O2.C18H21FN6O/c1-11-9-28-18-13(7-12(20)8-21-18)15-3-2-6-25(15)16-5-4-14-17(24-16)26(10-22-14)19(27)23-11;1-11(20)9-26-18-13(7-12(19)8-21-18)15-3-2-6-25(15)16-5-4-14-17(24-16)23-10-22-14/h4-5,7-8,10-11,15H,2-3,6,9H2,1H3,(H,23,27);4-5,7-8,10-11,15H,2-3,6,9,20H2,1H3,(H,22,23,24)/t2*11-,15?/m11/s1. The largest absolute Gasteiger partial charge is 0.476 e. The fourth-order valence-corrected chi connectivity index (χ4v) is 7.23. The van der Waals surface area contributed by atoms with Crippen LogP contribution >= 0.6 is 0 Å². The zero-order chi connectivity index (χ0) is 37.3. The van der Waals surface area contributed by atoms with E-state index in [-0.39, 0.29) is 42.6 Å². The van der Waals surface area contributed by atoms with Crippen molar-refractivity contribution < 1.29 is 23.0 Å². The lowest BCUT2D eigenvalue weighted by atomic mass is 10.1. The number of carbonyl (C=O) groups excluding carboxylic acids is 1. The number of nitrogens with one attached hydrogen (secondary N) is 2. The number of pyridine rings is 4. The van der Waals surface area contributed by atoms with E-state index in [9.17, 15) is 13.6 Å². The Balaban J connectivity index is 0.000000154. The molecule has 2 unspecified atom stereocenters. The summed E-state index contributed by atoms with van der Waals surface area (Å²) in [7, 11) is 0. The van der Waals surface area contributed by atoms with E-state index in [0.29, 0.717) is 46.6 Å². The molecule has 0 radical (unpaired) electrons. The van der Waals surface area contributed by atoms with Crippen LogP contribution in [-0.4, -0.2) is 83.9 Å². The maximum Gasteiger partial charge on any atom is 0.328 e. The topological polar surface area (TPSA) is 178 Å². The van der Waals surface area contributed by atoms with Crippen molar-refractivity contribution in [3.05, 3.63) is 84.2 Å². The second kappa shape index (κ2) is 14.8. The van der Waals surface area contributed by atoms with Gasteiger partial charge in [-0.3, -0.25) is 0 Å². The molecule has 0 spiro atoms. The number of fused-ring (bicyclic) bond motifs is 6. The minimum Gasteiger partial charge on any atom is -0.476 e. The number of hydrogen-bond donors (Lipinski definition) is 3. The van der Waals surface area contributed by atoms with E-state index >= 15 is 0 Å². The Bertz CT molecular complexity index is 2300. The number of hydrogen-bond acceptors (Lipinski definition) is 12. The van der Waals surface area contributed by atoms with Crippen molar-refractivity contribution in [3.8, 4) is 11.8 Å². The smallest absolute Gasteiger partial charge is 0.328 e. The molecule has 6 aromatic heterocycles. The average Bonchev–Trinajstić information content (AvgIpc) is 3.99. The molecule has 0 aliphatic carbocycles. The highest BCUT2D eigenvalue weighted by Gasteiger charge is 2.33. The van der Waals surface area contributed by atoms with Crippen LogP contribution in [0.5, 0.6) is 11.8 Å². The Morgan fingerprint density at radius 3 is 2.43 bits per heavy atom. The zero-order valence-corrected chi connectivity index (χ0v) is 29.8. The number of aromatic nitrogens is 8. The lowest BCUT2D eigenvalue weighted by Crippen LogP contribution is -2.39. The van der Waals surface area contributed by atoms with Crippen molar-refractivity contribution in [2.45, 2.75) is 63.7 Å². The SMILES string of the molecule is C[C@@H](N)COc1ncc(F)cc1C1CCCN1c1ccc2[nH]cnc2n1.C[C@@H]1COc2ncc(F)cc2C2CCCN2c2ccc3ncn(c3n2)C(=O)N1. The number of H-pyrrole nitrogens is 1. The van der Waals surface area contributed by atoms with Crippen LogP contribution in [0.4, 0.5) is 25.2 Å². The van der Waals surface area contributed by atoms with Gasteiger partial charge in [-0.05, 0) is 75.9 Å². The van der Waals surface area contributed by atoms with Gasteiger partial charge in [-0.25, -0.2) is 48.0 Å². The van der Waals surface area contributed by atoms with Crippen molar-refractivity contribution in [1.82, 2.24) is 44.8 Å². The highest BCUT2D eigenvalue weighted by Crippen LogP contribution is 2.40. The summed E-state index contributed by atoms with van der Waals surface area (Å²) < 4.78 is 40.9. The van der Waals surface area contributed by atoms with E-state index in [1.165, 1.54) is 29.2 Å². The number of anilines is 2. The minimum absolute atomic E-state index is 0.0508. The number of imidazole rings is 2. The molecular weight excluding hydrogens is 698 g/mol. The molecule has 0 aromatic carbocycles. The molecule has 54 heavy (non-hydrogen) atoms. The maximum absolute atomic E-state index is 14.0. The van der Waals surface area contributed by atoms with Crippen LogP contribution in [0.25, 0.3) is 22.3 Å². The van der Waals surface area contributed by atoms with E-state index in [0.717, 1.165) is 61.9 Å². The number of nitrogens with zero attached hydrogens (tertiary/aromatic N) is 9. The molecule has 15 nitrogen and oxygen atoms in total. The third-order valence-corrected chi connectivity index (χ3v) is 9.69. The summed E-state index contributed by atoms with van der Waals surface area (Å²) >= 11 is 0. The predicted molar refractivity (Wildman–Crippen MR) is 196 cm³/mol. The first-order valence-electron chi connectivity index (χ1n) is 18.0. The summed E-state index contributed by atoms with van der Waals surface area (Å²) in [4.78, 5) is 46.1. The summed E-state index contributed by atoms with van der Waals surface area (Å²) in [5.41, 5.74) is 9.89. The van der Waals surface area contributed by atoms with Crippen LogP contribution < -0.4 is 30.3 Å². The summed E-state index contributed by atoms with van der Waals surface area (Å²) in [6.45, 7) is 5.84. The van der Waals surface area contributed by atoms with Gasteiger partial charge in [0.2, 0.25) is 11.8 Å². The number of ether oxygens (including phenoxy) is 2. The molecule has 6 aromatic rings. The number of rotatable bonds is 5. The van der Waals surface area contributed by atoms with E-state index in [1.54, 1.807) is 6.33 Å². The number of amides is 1. The van der Waals surface area contributed by atoms with Crippen molar-refractivity contribution >= 4 is 40.0 Å². The third-order valence-electron chi connectivity index (χ3n) is 9.69. The minimum atomic E-state index is -0.402. The molecule has 3 aliphatic rings. The van der Waals surface area contributed by atoms with Gasteiger partial charge in [0.25, 0.3) is 0 Å². The first kappa shape index (κ1) is 35.1. The molecule has 17 heteroatoms. The van der Waals surface area contributed by atoms with Crippen LogP contribution in [0.15, 0.2) is 61.4 Å². The van der Waals surface area contributed by atoms with Crippen molar-refractivity contribution in [2.24, 2.45) is 5.73 Å². The number of nitrogens with two attached hydrogens (primary N) is 1. The van der Waals surface area contributed by atoms with Crippen LogP contribution in [-0.2, 0) is 0 Å². The molecule has 4 N–H and O–H groups in total. The normalized spacial score (nSPS) is 20.2. The molecule has 9 heterocycles. The third kappa shape index (κ3) is 7.05. The van der Waals surface area contributed by atoms with Gasteiger partial charge in [0.15, 0.2) is 11.3 Å². The van der Waals surface area contributed by atoms with Crippen molar-refractivity contribution in [2.75, 3.05) is 36.1 Å². The molecule has 280 valence electrons. The molecule has 9 rings (SSSR count). The number of carbonyl (C=O) groups is 1. The Labute approximate surface area is 309 Å². The first-order chi connectivity index (χ1) is 26.2. The van der Waals surface area contributed by atoms with Crippen LogP contribution in [0.2, 0.25) is 0 Å². The molecule has 3 aliphatic heterocycles. The number of halogens is 2. The van der Waals surface area contributed by atoms with E-state index in [4.69, 9.17) is 20.2 Å². The van der Waals surface area contributed by atoms with Crippen LogP contribution in [0.1, 0.15) is 62.7 Å². The Morgan fingerprint density at radius 2 is 1.65 bits per heavy atom. The summed E-state index contributed by atoms with van der Waals surface area (Å²) in [5, 5.41) is 2.87. The predicted octanol–water partition coefficient (Wildman–Crippen LogP) is 5.21. The summed E-state index contributed by atoms with van der Waals surface area (Å²) in [6.07, 6.45) is 9.06. The molecule has 2 fully saturated rings. The molecule has 4 atom stereocenters. The van der Waals surface area contributed by atoms with Gasteiger partial charge in [-0.1, -0.05) is 0 Å². The van der Waals surface area contributed by atoms with Gasteiger partial charge in [0, 0.05) is 30.3 Å². The highest BCUT2D eigenvalue weighted by molar-refractivity contribution is 5.88. The van der Waals surface area contributed by atoms with Crippen molar-refractivity contribution in [1.29, 1.82) is 0 Å². The van der Waals surface area contributed by atoms with Gasteiger partial charge < -0.3 is 35.3 Å². The average molecular weight is 739 g/mol. The van der Waals surface area contributed by atoms with E-state index < -0.39 is 5.82 Å². The lowest BCUT2D eigenvalue weighted by Gasteiger charge is -2.27. The second-order valence-electron chi connectivity index (χ2n) is 13.8. The van der Waals surface area contributed by atoms with Gasteiger partial charge in [0.05, 0.1) is 42.4 Å². The van der Waals surface area contributed by atoms with Gasteiger partial charge in [-0.15, -0.1) is 0 Å². The maximum atomic E-state index is 14.0. The van der Waals surface area contributed by atoms with Crippen LogP contribution in [0.3, 0.4) is 0 Å². The monoisotopic (exact) mass is 738 g/mol. The Hall–Kier alpha value is -5.97. The fourth-order valence-electron chi connectivity index (χ4n) is 7.23. The molecule has 2 saturated heterocycles. The fraction of sp³-hybridized carbons (Fsp3) is 0.378. The zero-order valence-electron chi connectivity index (χ0n) is 29.8. The van der Waals surface area contributed by atoms with Gasteiger partial charge in [0.1, 0.15) is 48.3 Å². The molecule has 0 saturated carbocycles. The van der Waals surface area contributed by atoms with Gasteiger partial charge in [-0.2, -0.15) is 0 Å². The highest BCUT2D eigenvalue weighted by atomic mass is 19.1. The molecule has 2 bridgehead atoms. The second-order valence-corrected chi connectivity index (χ2v) is 13.8. The summed E-state index contributed by atoms with van der Waals surface area (Å²) in [5.74, 6) is 1.57. The Kier molecular flexibility index (Phi) is 9.62. The number of aromatic amines is 1. The molecular formula is C37H40F2N12O3. The lowest BCUT2D eigenvalue weighted by molar-refractivity contribution is 0.225. The van der Waals surface area contributed by atoms with Gasteiger partial charge >= 0.3 is 6.03 Å². The summed E-state index contributed by atoms with van der Waals surface area (Å²) in [6, 6.07) is 9.73. The molecule has 1 amide bonds. The van der Waals surface area contributed by atoms with Crippen LogP contribution in [0, 0.1) is 11.6 Å². The van der Waals surface area contributed by atoms with E-state index in [1.807, 2.05) is 38.1 Å². The van der Waals surface area contributed by atoms with Crippen molar-refractivity contribution in [3.63, 3.8) is 0 Å². The first-order valence-corrected chi connectivity index (χ1v) is 18.0. The quantitative estimate of drug-likeness (QED) is 0.211. The van der Waals surface area contributed by atoms with E-state index in [2.05, 4.69) is 45.0 Å².